The Bertz CT molecular complexity index is 589. The average molecular weight is 347 g/mol. The smallest absolute Gasteiger partial charge is 0.222 e. The van der Waals surface area contributed by atoms with Gasteiger partial charge in [-0.25, -0.2) is 9.97 Å². The number of rotatable bonds is 5. The number of nitrogens with zero attached hydrogens (tertiary/aromatic N) is 4. The van der Waals surface area contributed by atoms with Crippen LogP contribution in [0, 0.1) is 6.92 Å². The van der Waals surface area contributed by atoms with E-state index in [2.05, 4.69) is 20.9 Å². The van der Waals surface area contributed by atoms with Crippen LogP contribution in [-0.2, 0) is 9.53 Å². The van der Waals surface area contributed by atoms with Crippen LogP contribution >= 0.6 is 0 Å². The van der Waals surface area contributed by atoms with Gasteiger partial charge in [-0.3, -0.25) is 4.79 Å². The molecule has 3 rings (SSSR count). The molecule has 2 fully saturated rings. The number of carbonyl (C=O) groups is 1. The minimum atomic E-state index is 0.217. The first-order valence-electron chi connectivity index (χ1n) is 9.33. The second kappa shape index (κ2) is 8.58. The molecule has 1 atom stereocenters. The predicted molar refractivity (Wildman–Crippen MR) is 96.6 cm³/mol. The van der Waals surface area contributed by atoms with Gasteiger partial charge in [-0.05, 0) is 32.7 Å². The number of ether oxygens (including phenoxy) is 1. The van der Waals surface area contributed by atoms with E-state index in [4.69, 9.17) is 10.5 Å². The Morgan fingerprint density at radius 2 is 2.12 bits per heavy atom. The Kier molecular flexibility index (Phi) is 6.20. The van der Waals surface area contributed by atoms with Gasteiger partial charge in [0.05, 0.1) is 18.9 Å². The van der Waals surface area contributed by atoms with Crippen LogP contribution in [-0.4, -0.2) is 66.7 Å². The van der Waals surface area contributed by atoms with E-state index in [1.807, 2.05) is 11.8 Å². The van der Waals surface area contributed by atoms with Crippen LogP contribution in [0.1, 0.15) is 43.1 Å². The van der Waals surface area contributed by atoms with E-state index in [9.17, 15) is 4.79 Å². The number of hydrogen-bond donors (Lipinski definition) is 1. The van der Waals surface area contributed by atoms with E-state index in [1.54, 1.807) is 0 Å². The molecule has 2 saturated heterocycles. The topological polar surface area (TPSA) is 84.6 Å². The highest BCUT2D eigenvalue weighted by atomic mass is 16.5. The fraction of sp³-hybridized carbons (Fsp3) is 0.722. The van der Waals surface area contributed by atoms with Crippen LogP contribution in [0.15, 0.2) is 6.07 Å². The summed E-state index contributed by atoms with van der Waals surface area (Å²) in [6.45, 7) is 7.32. The number of carbonyl (C=O) groups excluding carboxylic acids is 1. The van der Waals surface area contributed by atoms with Gasteiger partial charge in [0, 0.05) is 44.6 Å². The van der Waals surface area contributed by atoms with Gasteiger partial charge in [0.15, 0.2) is 0 Å². The molecule has 0 bridgehead atoms. The summed E-state index contributed by atoms with van der Waals surface area (Å²) in [5.74, 6) is 2.29. The maximum absolute atomic E-state index is 12.3. The third kappa shape index (κ3) is 4.67. The molecule has 3 heterocycles. The van der Waals surface area contributed by atoms with Crippen molar-refractivity contribution in [3.63, 3.8) is 0 Å². The Morgan fingerprint density at radius 1 is 1.32 bits per heavy atom. The van der Waals surface area contributed by atoms with Gasteiger partial charge in [-0.1, -0.05) is 0 Å². The highest BCUT2D eigenvalue weighted by Gasteiger charge is 2.26. The predicted octanol–water partition coefficient (Wildman–Crippen LogP) is 1.07. The lowest BCUT2D eigenvalue weighted by Gasteiger charge is -2.33. The fourth-order valence-corrected chi connectivity index (χ4v) is 3.59. The Labute approximate surface area is 149 Å². The zero-order valence-electron chi connectivity index (χ0n) is 15.1. The van der Waals surface area contributed by atoms with Crippen molar-refractivity contribution in [3.8, 4) is 0 Å². The van der Waals surface area contributed by atoms with Crippen LogP contribution in [0.4, 0.5) is 5.82 Å². The monoisotopic (exact) mass is 347 g/mol. The molecule has 7 heteroatoms. The van der Waals surface area contributed by atoms with Crippen molar-refractivity contribution in [2.45, 2.75) is 38.5 Å². The third-order valence-corrected chi connectivity index (χ3v) is 4.97. The van der Waals surface area contributed by atoms with Gasteiger partial charge in [0.2, 0.25) is 5.91 Å². The number of piperidine rings is 1. The van der Waals surface area contributed by atoms with Gasteiger partial charge in [0.25, 0.3) is 0 Å². The molecule has 138 valence electrons. The van der Waals surface area contributed by atoms with E-state index in [0.717, 1.165) is 76.0 Å². The third-order valence-electron chi connectivity index (χ3n) is 4.97. The molecule has 0 spiro atoms. The van der Waals surface area contributed by atoms with Crippen LogP contribution in [0.2, 0.25) is 0 Å². The van der Waals surface area contributed by atoms with Gasteiger partial charge in [0.1, 0.15) is 11.6 Å². The normalized spacial score (nSPS) is 21.4. The largest absolute Gasteiger partial charge is 0.378 e. The van der Waals surface area contributed by atoms with Crippen LogP contribution < -0.4 is 10.6 Å². The molecule has 25 heavy (non-hydrogen) atoms. The summed E-state index contributed by atoms with van der Waals surface area (Å²) >= 11 is 0. The first-order valence-corrected chi connectivity index (χ1v) is 9.33. The standard InChI is InChI=1S/C18H29N5O2/c1-14-20-16(12-17(21-14)22-8-10-25-11-9-22)15-4-3-7-23(13-15)18(24)5-2-6-19/h12,15H,2-11,13,19H2,1H3/t15-/m1/s1. The van der Waals surface area contributed by atoms with Crippen molar-refractivity contribution < 1.29 is 9.53 Å². The minimum Gasteiger partial charge on any atom is -0.378 e. The summed E-state index contributed by atoms with van der Waals surface area (Å²) in [5, 5.41) is 0. The van der Waals surface area contributed by atoms with E-state index >= 15 is 0 Å². The number of anilines is 1. The lowest BCUT2D eigenvalue weighted by molar-refractivity contribution is -0.132. The quantitative estimate of drug-likeness (QED) is 0.857. The number of aromatic nitrogens is 2. The van der Waals surface area contributed by atoms with Crippen LogP contribution in [0.25, 0.3) is 0 Å². The Morgan fingerprint density at radius 3 is 2.88 bits per heavy atom. The highest BCUT2D eigenvalue weighted by molar-refractivity contribution is 5.76. The molecule has 1 aromatic heterocycles. The van der Waals surface area contributed by atoms with Crippen molar-refractivity contribution in [1.82, 2.24) is 14.9 Å². The summed E-state index contributed by atoms with van der Waals surface area (Å²) in [6, 6.07) is 2.11. The maximum Gasteiger partial charge on any atom is 0.222 e. The maximum atomic E-state index is 12.3. The average Bonchev–Trinajstić information content (AvgIpc) is 2.66. The second-order valence-electron chi connectivity index (χ2n) is 6.87. The lowest BCUT2D eigenvalue weighted by Crippen LogP contribution is -2.40. The van der Waals surface area contributed by atoms with Gasteiger partial charge in [-0.2, -0.15) is 0 Å². The van der Waals surface area contributed by atoms with Crippen LogP contribution in [0.5, 0.6) is 0 Å². The molecule has 0 saturated carbocycles. The molecular formula is C18H29N5O2. The van der Waals surface area contributed by atoms with E-state index in [1.165, 1.54) is 0 Å². The van der Waals surface area contributed by atoms with Crippen molar-refractivity contribution in [3.05, 3.63) is 17.6 Å². The Balaban J connectivity index is 1.71. The summed E-state index contributed by atoms with van der Waals surface area (Å²) in [5.41, 5.74) is 6.59. The molecule has 1 aromatic rings. The van der Waals surface area contributed by atoms with Gasteiger partial charge >= 0.3 is 0 Å². The summed E-state index contributed by atoms with van der Waals surface area (Å²) in [4.78, 5) is 25.9. The molecule has 2 aliphatic heterocycles. The molecular weight excluding hydrogens is 318 g/mol. The SMILES string of the molecule is Cc1nc([C@@H]2CCCN(C(=O)CCCN)C2)cc(N2CCOCC2)n1. The molecule has 2 aliphatic rings. The minimum absolute atomic E-state index is 0.217. The molecule has 0 aliphatic carbocycles. The van der Waals surface area contributed by atoms with Gasteiger partial charge in [-0.15, -0.1) is 0 Å². The first-order chi connectivity index (χ1) is 12.2. The van der Waals surface area contributed by atoms with Crippen LogP contribution in [0.3, 0.4) is 0 Å². The highest BCUT2D eigenvalue weighted by Crippen LogP contribution is 2.28. The molecule has 1 amide bonds. The summed E-state index contributed by atoms with van der Waals surface area (Å²) in [6.07, 6.45) is 3.40. The molecule has 0 unspecified atom stereocenters. The number of nitrogens with two attached hydrogens (primary N) is 1. The first kappa shape index (κ1) is 18.1. The molecule has 7 nitrogen and oxygen atoms in total. The van der Waals surface area contributed by atoms with Crippen molar-refractivity contribution in [2.24, 2.45) is 5.73 Å². The number of hydrogen-bond acceptors (Lipinski definition) is 6. The number of morpholine rings is 1. The molecule has 0 radical (unpaired) electrons. The van der Waals surface area contributed by atoms with Crippen molar-refractivity contribution in [2.75, 3.05) is 50.8 Å². The van der Waals surface area contributed by atoms with Crippen molar-refractivity contribution >= 4 is 11.7 Å². The number of amides is 1. The number of likely N-dealkylation sites (tertiary alicyclic amines) is 1. The fourth-order valence-electron chi connectivity index (χ4n) is 3.59. The zero-order chi connectivity index (χ0) is 17.6. The lowest BCUT2D eigenvalue weighted by atomic mass is 9.94. The molecule has 2 N–H and O–H groups in total. The van der Waals surface area contributed by atoms with Gasteiger partial charge < -0.3 is 20.3 Å². The summed E-state index contributed by atoms with van der Waals surface area (Å²) in [7, 11) is 0. The van der Waals surface area contributed by atoms with E-state index in [-0.39, 0.29) is 11.8 Å². The molecule has 0 aromatic carbocycles. The summed E-state index contributed by atoms with van der Waals surface area (Å²) < 4.78 is 5.43. The van der Waals surface area contributed by atoms with Crippen molar-refractivity contribution in [1.29, 1.82) is 0 Å². The second-order valence-corrected chi connectivity index (χ2v) is 6.87. The van der Waals surface area contributed by atoms with E-state index < -0.39 is 0 Å². The van der Waals surface area contributed by atoms with E-state index in [0.29, 0.717) is 13.0 Å². The zero-order valence-corrected chi connectivity index (χ0v) is 15.1. The Hall–Kier alpha value is -1.73. The number of aryl methyl sites for hydroxylation is 1.